The highest BCUT2D eigenvalue weighted by molar-refractivity contribution is 7.99. The smallest absolute Gasteiger partial charge is 0.243 e. The standard InChI is InChI=1S/C13H24N2O2S/c1-5-18-8-6-7-15-10(16)9-14-12(17)11(15)13(2,3)4/h11H,5-9H2,1-4H3,(H,14,17). The first-order valence-corrected chi connectivity index (χ1v) is 7.68. The first-order valence-electron chi connectivity index (χ1n) is 6.53. The van der Waals surface area contributed by atoms with E-state index in [1.54, 1.807) is 4.90 Å². The van der Waals surface area contributed by atoms with Gasteiger partial charge >= 0.3 is 0 Å². The van der Waals surface area contributed by atoms with Crippen molar-refractivity contribution in [2.45, 2.75) is 40.2 Å². The second-order valence-corrected chi connectivity index (χ2v) is 7.02. The summed E-state index contributed by atoms with van der Waals surface area (Å²) in [4.78, 5) is 25.7. The third kappa shape index (κ3) is 3.90. The van der Waals surface area contributed by atoms with Gasteiger partial charge in [-0.1, -0.05) is 27.7 Å². The molecular formula is C13H24N2O2S. The van der Waals surface area contributed by atoms with E-state index >= 15 is 0 Å². The van der Waals surface area contributed by atoms with Crippen molar-refractivity contribution >= 4 is 23.6 Å². The Bertz CT molecular complexity index is 313. The lowest BCUT2D eigenvalue weighted by atomic mass is 9.84. The van der Waals surface area contributed by atoms with Crippen LogP contribution < -0.4 is 5.32 Å². The summed E-state index contributed by atoms with van der Waals surface area (Å²) in [5.41, 5.74) is -0.224. The molecule has 0 aromatic rings. The van der Waals surface area contributed by atoms with E-state index in [1.807, 2.05) is 32.5 Å². The highest BCUT2D eigenvalue weighted by atomic mass is 32.2. The van der Waals surface area contributed by atoms with E-state index in [-0.39, 0.29) is 29.8 Å². The third-order valence-electron chi connectivity index (χ3n) is 3.01. The molecule has 1 aliphatic heterocycles. The molecular weight excluding hydrogens is 248 g/mol. The van der Waals surface area contributed by atoms with Crippen molar-refractivity contribution in [3.63, 3.8) is 0 Å². The van der Waals surface area contributed by atoms with Gasteiger partial charge in [0.15, 0.2) is 0 Å². The zero-order valence-electron chi connectivity index (χ0n) is 11.8. The number of piperazine rings is 1. The van der Waals surface area contributed by atoms with Crippen molar-refractivity contribution in [3.8, 4) is 0 Å². The van der Waals surface area contributed by atoms with Crippen LogP contribution in [0.5, 0.6) is 0 Å². The Morgan fingerprint density at radius 3 is 2.61 bits per heavy atom. The summed E-state index contributed by atoms with van der Waals surface area (Å²) in [6.45, 7) is 8.96. The molecule has 104 valence electrons. The van der Waals surface area contributed by atoms with E-state index < -0.39 is 0 Å². The zero-order chi connectivity index (χ0) is 13.8. The van der Waals surface area contributed by atoms with Gasteiger partial charge in [0, 0.05) is 6.54 Å². The van der Waals surface area contributed by atoms with Gasteiger partial charge in [-0.25, -0.2) is 0 Å². The molecule has 0 radical (unpaired) electrons. The van der Waals surface area contributed by atoms with E-state index in [9.17, 15) is 9.59 Å². The van der Waals surface area contributed by atoms with Crippen LogP contribution in [0.25, 0.3) is 0 Å². The summed E-state index contributed by atoms with van der Waals surface area (Å²) in [5.74, 6) is 2.15. The van der Waals surface area contributed by atoms with Crippen molar-refractivity contribution < 1.29 is 9.59 Å². The van der Waals surface area contributed by atoms with Crippen molar-refractivity contribution in [2.24, 2.45) is 5.41 Å². The van der Waals surface area contributed by atoms with Crippen LogP contribution in [0.1, 0.15) is 34.1 Å². The minimum Gasteiger partial charge on any atom is -0.345 e. The highest BCUT2D eigenvalue weighted by Gasteiger charge is 2.41. The molecule has 0 aromatic heterocycles. The number of hydrogen-bond donors (Lipinski definition) is 1. The van der Waals surface area contributed by atoms with Gasteiger partial charge in [0.1, 0.15) is 6.04 Å². The Labute approximate surface area is 114 Å². The monoisotopic (exact) mass is 272 g/mol. The average molecular weight is 272 g/mol. The maximum atomic E-state index is 12.0. The molecule has 1 unspecified atom stereocenters. The fourth-order valence-corrected chi connectivity index (χ4v) is 2.86. The van der Waals surface area contributed by atoms with Gasteiger partial charge in [-0.3, -0.25) is 9.59 Å². The molecule has 1 N–H and O–H groups in total. The number of nitrogens with zero attached hydrogens (tertiary/aromatic N) is 1. The van der Waals surface area contributed by atoms with Gasteiger partial charge in [-0.15, -0.1) is 0 Å². The van der Waals surface area contributed by atoms with Crippen molar-refractivity contribution in [1.29, 1.82) is 0 Å². The highest BCUT2D eigenvalue weighted by Crippen LogP contribution is 2.26. The van der Waals surface area contributed by atoms with Crippen LogP contribution in [-0.4, -0.2) is 47.4 Å². The van der Waals surface area contributed by atoms with Crippen LogP contribution >= 0.6 is 11.8 Å². The minimum atomic E-state index is -0.342. The van der Waals surface area contributed by atoms with E-state index in [0.717, 1.165) is 17.9 Å². The largest absolute Gasteiger partial charge is 0.345 e. The van der Waals surface area contributed by atoms with E-state index in [1.165, 1.54) is 0 Å². The molecule has 0 aliphatic carbocycles. The van der Waals surface area contributed by atoms with Crippen LogP contribution in [0.2, 0.25) is 0 Å². The first-order chi connectivity index (χ1) is 8.38. The number of nitrogens with one attached hydrogen (secondary N) is 1. The molecule has 1 rings (SSSR count). The molecule has 1 heterocycles. The summed E-state index contributed by atoms with van der Waals surface area (Å²) >= 11 is 1.87. The number of hydrogen-bond acceptors (Lipinski definition) is 3. The Hall–Kier alpha value is -0.710. The number of rotatable bonds is 5. The fourth-order valence-electron chi connectivity index (χ4n) is 2.24. The van der Waals surface area contributed by atoms with Crippen molar-refractivity contribution in [3.05, 3.63) is 0 Å². The summed E-state index contributed by atoms with van der Waals surface area (Å²) < 4.78 is 0. The van der Waals surface area contributed by atoms with E-state index in [4.69, 9.17) is 0 Å². The predicted molar refractivity (Wildman–Crippen MR) is 75.6 cm³/mol. The molecule has 0 bridgehead atoms. The van der Waals surface area contributed by atoms with Crippen molar-refractivity contribution in [2.75, 3.05) is 24.6 Å². The summed E-state index contributed by atoms with van der Waals surface area (Å²) in [6, 6.07) is -0.342. The molecule has 5 heteroatoms. The first kappa shape index (κ1) is 15.3. The van der Waals surface area contributed by atoms with Gasteiger partial charge in [-0.05, 0) is 23.3 Å². The molecule has 1 saturated heterocycles. The molecule has 1 atom stereocenters. The lowest BCUT2D eigenvalue weighted by molar-refractivity contribution is -0.149. The van der Waals surface area contributed by atoms with Gasteiger partial charge in [-0.2, -0.15) is 11.8 Å². The topological polar surface area (TPSA) is 49.4 Å². The number of amides is 2. The fraction of sp³-hybridized carbons (Fsp3) is 0.846. The van der Waals surface area contributed by atoms with Crippen LogP contribution in [0, 0.1) is 5.41 Å². The summed E-state index contributed by atoms with van der Waals surface area (Å²) in [6.07, 6.45) is 0.949. The maximum Gasteiger partial charge on any atom is 0.243 e. The second-order valence-electron chi connectivity index (χ2n) is 5.62. The van der Waals surface area contributed by atoms with Gasteiger partial charge < -0.3 is 10.2 Å². The van der Waals surface area contributed by atoms with E-state index in [0.29, 0.717) is 6.54 Å². The van der Waals surface area contributed by atoms with Gasteiger partial charge in [0.05, 0.1) is 6.54 Å². The molecule has 1 fully saturated rings. The Morgan fingerprint density at radius 1 is 1.39 bits per heavy atom. The maximum absolute atomic E-state index is 12.0. The normalized spacial score (nSPS) is 21.1. The Kier molecular flexibility index (Phi) is 5.50. The SMILES string of the molecule is CCSCCCN1C(=O)CNC(=O)C1C(C)(C)C. The molecule has 1 aliphatic rings. The molecule has 0 spiro atoms. The van der Waals surface area contributed by atoms with Crippen LogP contribution in [0.15, 0.2) is 0 Å². The van der Waals surface area contributed by atoms with Crippen LogP contribution in [0.4, 0.5) is 0 Å². The molecule has 2 amide bonds. The summed E-state index contributed by atoms with van der Waals surface area (Å²) in [7, 11) is 0. The molecule has 4 nitrogen and oxygen atoms in total. The molecule has 18 heavy (non-hydrogen) atoms. The van der Waals surface area contributed by atoms with Crippen LogP contribution in [0.3, 0.4) is 0 Å². The Balaban J connectivity index is 2.68. The number of thioether (sulfide) groups is 1. The lowest BCUT2D eigenvalue weighted by Crippen LogP contribution is -2.62. The zero-order valence-corrected chi connectivity index (χ0v) is 12.6. The molecule has 0 aromatic carbocycles. The quantitative estimate of drug-likeness (QED) is 0.772. The van der Waals surface area contributed by atoms with Crippen LogP contribution in [-0.2, 0) is 9.59 Å². The van der Waals surface area contributed by atoms with Crippen molar-refractivity contribution in [1.82, 2.24) is 10.2 Å². The van der Waals surface area contributed by atoms with Gasteiger partial charge in [0.25, 0.3) is 0 Å². The number of carbonyl (C=O) groups is 2. The Morgan fingerprint density at radius 2 is 2.06 bits per heavy atom. The lowest BCUT2D eigenvalue weighted by Gasteiger charge is -2.42. The second kappa shape index (κ2) is 6.45. The average Bonchev–Trinajstić information content (AvgIpc) is 2.27. The number of carbonyl (C=O) groups excluding carboxylic acids is 2. The predicted octanol–water partition coefficient (Wildman–Crippen LogP) is 1.50. The summed E-state index contributed by atoms with van der Waals surface area (Å²) in [5, 5.41) is 2.68. The van der Waals surface area contributed by atoms with Gasteiger partial charge in [0.2, 0.25) is 11.8 Å². The molecule has 0 saturated carbocycles. The third-order valence-corrected chi connectivity index (χ3v) is 3.99. The van der Waals surface area contributed by atoms with E-state index in [2.05, 4.69) is 12.2 Å². The minimum absolute atomic E-state index is 0.0229.